The molecule has 0 aliphatic carbocycles. The first-order valence-electron chi connectivity index (χ1n) is 11.9. The third kappa shape index (κ3) is 3.52. The van der Waals surface area contributed by atoms with Crippen LogP contribution in [0.1, 0.15) is 42.6 Å². The second kappa shape index (κ2) is 7.87. The number of aliphatic hydroxyl groups is 2. The summed E-state index contributed by atoms with van der Waals surface area (Å²) in [5, 5.41) is 25.3. The Labute approximate surface area is 193 Å². The Bertz CT molecular complexity index is 1320. The number of β-amino-alcohol motifs (C(OH)–C–C–N with tert-alkyl or cyclic N) is 1. The molecule has 2 atom stereocenters. The Kier molecular flexibility index (Phi) is 4.94. The predicted molar refractivity (Wildman–Crippen MR) is 130 cm³/mol. The number of benzene rings is 3. The van der Waals surface area contributed by atoms with E-state index >= 15 is 0 Å². The van der Waals surface area contributed by atoms with E-state index in [0.29, 0.717) is 13.0 Å². The molecule has 3 aromatic carbocycles. The van der Waals surface area contributed by atoms with Crippen LogP contribution in [0.3, 0.4) is 0 Å². The largest absolute Gasteiger partial charge is 0.486 e. The van der Waals surface area contributed by atoms with Crippen molar-refractivity contribution in [3.8, 4) is 5.75 Å². The van der Waals surface area contributed by atoms with Gasteiger partial charge in [0, 0.05) is 66.7 Å². The van der Waals surface area contributed by atoms with E-state index in [1.165, 1.54) is 0 Å². The van der Waals surface area contributed by atoms with Gasteiger partial charge in [-0.3, -0.25) is 0 Å². The standard InChI is InChI=1S/C28H30N2O3/c1-29-17-23(21-8-4-5-9-24(21)29)26(32)18-30-14-12-28(13-15-30)16-25(31)22-11-10-19-6-2-3-7-20(19)27(22)33-28/h2-11,17,25-26,31-32H,12-16,18H2,1H3/t25-,26+/m0/s1. The van der Waals surface area contributed by atoms with Gasteiger partial charge in [0.05, 0.1) is 12.2 Å². The normalized spacial score (nSPS) is 21.2. The monoisotopic (exact) mass is 442 g/mol. The van der Waals surface area contributed by atoms with E-state index in [9.17, 15) is 10.2 Å². The number of para-hydroxylation sites is 1. The van der Waals surface area contributed by atoms with Crippen LogP contribution in [-0.2, 0) is 7.05 Å². The summed E-state index contributed by atoms with van der Waals surface area (Å²) in [6.07, 6.45) is 3.31. The highest BCUT2D eigenvalue weighted by Gasteiger charge is 2.43. The summed E-state index contributed by atoms with van der Waals surface area (Å²) < 4.78 is 8.77. The van der Waals surface area contributed by atoms with E-state index in [1.54, 1.807) is 0 Å². The number of rotatable bonds is 3. The van der Waals surface area contributed by atoms with Crippen LogP contribution < -0.4 is 4.74 Å². The maximum atomic E-state index is 11.1. The summed E-state index contributed by atoms with van der Waals surface area (Å²) in [5.74, 6) is 0.844. The van der Waals surface area contributed by atoms with Crippen LogP contribution in [0.15, 0.2) is 66.9 Å². The lowest BCUT2D eigenvalue weighted by Crippen LogP contribution is -2.51. The molecule has 0 saturated carbocycles. The summed E-state index contributed by atoms with van der Waals surface area (Å²) in [7, 11) is 2.02. The van der Waals surface area contributed by atoms with Crippen molar-refractivity contribution in [2.24, 2.45) is 7.05 Å². The van der Waals surface area contributed by atoms with Gasteiger partial charge in [0.25, 0.3) is 0 Å². The van der Waals surface area contributed by atoms with Crippen LogP contribution >= 0.6 is 0 Å². The van der Waals surface area contributed by atoms with Crippen LogP contribution in [0.4, 0.5) is 0 Å². The van der Waals surface area contributed by atoms with Crippen LogP contribution in [0.25, 0.3) is 21.7 Å². The van der Waals surface area contributed by atoms with Crippen molar-refractivity contribution in [2.45, 2.75) is 37.1 Å². The molecule has 0 amide bonds. The first-order valence-corrected chi connectivity index (χ1v) is 11.9. The fourth-order valence-electron chi connectivity index (χ4n) is 5.79. The number of fused-ring (bicyclic) bond motifs is 4. The number of hydrogen-bond acceptors (Lipinski definition) is 4. The van der Waals surface area contributed by atoms with Crippen LogP contribution in [0, 0.1) is 0 Å². The van der Waals surface area contributed by atoms with Gasteiger partial charge in [-0.15, -0.1) is 0 Å². The average molecular weight is 443 g/mol. The van der Waals surface area contributed by atoms with Gasteiger partial charge in [0.15, 0.2) is 0 Å². The molecular formula is C28H30N2O3. The van der Waals surface area contributed by atoms with Gasteiger partial charge in [-0.05, 0) is 24.3 Å². The second-order valence-electron chi connectivity index (χ2n) is 9.74. The average Bonchev–Trinajstić information content (AvgIpc) is 3.17. The van der Waals surface area contributed by atoms with Crippen molar-refractivity contribution in [1.82, 2.24) is 9.47 Å². The maximum Gasteiger partial charge on any atom is 0.133 e. The minimum Gasteiger partial charge on any atom is -0.486 e. The number of aromatic nitrogens is 1. The SMILES string of the molecule is Cn1cc([C@H](O)CN2CCC3(CC2)C[C@H](O)c2ccc4ccccc4c2O3)c2ccccc21. The minimum atomic E-state index is -0.535. The molecule has 2 aliphatic rings. The number of piperidine rings is 1. The summed E-state index contributed by atoms with van der Waals surface area (Å²) in [5.41, 5.74) is 2.67. The summed E-state index contributed by atoms with van der Waals surface area (Å²) in [6, 6.07) is 20.5. The maximum absolute atomic E-state index is 11.1. The molecule has 0 radical (unpaired) electrons. The zero-order valence-corrected chi connectivity index (χ0v) is 18.9. The highest BCUT2D eigenvalue weighted by atomic mass is 16.5. The molecule has 1 aromatic heterocycles. The molecule has 6 rings (SSSR count). The molecule has 33 heavy (non-hydrogen) atoms. The smallest absolute Gasteiger partial charge is 0.133 e. The zero-order valence-electron chi connectivity index (χ0n) is 18.9. The molecule has 2 aliphatic heterocycles. The number of ether oxygens (including phenoxy) is 1. The molecule has 2 N–H and O–H groups in total. The molecule has 1 fully saturated rings. The molecule has 0 unspecified atom stereocenters. The van der Waals surface area contributed by atoms with Gasteiger partial charge < -0.3 is 24.4 Å². The van der Waals surface area contributed by atoms with E-state index in [0.717, 1.165) is 64.5 Å². The fourth-order valence-corrected chi connectivity index (χ4v) is 5.79. The van der Waals surface area contributed by atoms with Gasteiger partial charge in [0.2, 0.25) is 0 Å². The third-order valence-corrected chi connectivity index (χ3v) is 7.64. The molecule has 5 nitrogen and oxygen atoms in total. The topological polar surface area (TPSA) is 57.9 Å². The third-order valence-electron chi connectivity index (χ3n) is 7.64. The molecule has 1 spiro atoms. The number of likely N-dealkylation sites (tertiary alicyclic amines) is 1. The van der Waals surface area contributed by atoms with Gasteiger partial charge in [-0.2, -0.15) is 0 Å². The number of aryl methyl sites for hydroxylation is 1. The molecule has 170 valence electrons. The Balaban J connectivity index is 1.19. The fraction of sp³-hybridized carbons (Fsp3) is 0.357. The van der Waals surface area contributed by atoms with E-state index in [4.69, 9.17) is 4.74 Å². The van der Waals surface area contributed by atoms with E-state index in [2.05, 4.69) is 39.8 Å². The summed E-state index contributed by atoms with van der Waals surface area (Å²) in [4.78, 5) is 2.33. The van der Waals surface area contributed by atoms with E-state index < -0.39 is 12.2 Å². The molecule has 3 heterocycles. The lowest BCUT2D eigenvalue weighted by atomic mass is 9.81. The van der Waals surface area contributed by atoms with Gasteiger partial charge >= 0.3 is 0 Å². The first-order chi connectivity index (χ1) is 16.0. The lowest BCUT2D eigenvalue weighted by molar-refractivity contribution is -0.0576. The Morgan fingerprint density at radius 1 is 1.00 bits per heavy atom. The molecule has 1 saturated heterocycles. The highest BCUT2D eigenvalue weighted by Crippen LogP contribution is 2.47. The molecular weight excluding hydrogens is 412 g/mol. The predicted octanol–water partition coefficient (Wildman–Crippen LogP) is 4.72. The second-order valence-corrected chi connectivity index (χ2v) is 9.74. The van der Waals surface area contributed by atoms with Crippen molar-refractivity contribution < 1.29 is 14.9 Å². The number of aliphatic hydroxyl groups excluding tert-OH is 2. The summed E-state index contributed by atoms with van der Waals surface area (Å²) in [6.45, 7) is 2.29. The van der Waals surface area contributed by atoms with Crippen molar-refractivity contribution in [2.75, 3.05) is 19.6 Å². The quantitative estimate of drug-likeness (QED) is 0.482. The molecule has 5 heteroatoms. The van der Waals surface area contributed by atoms with E-state index in [-0.39, 0.29) is 5.60 Å². The summed E-state index contributed by atoms with van der Waals surface area (Å²) >= 11 is 0. The minimum absolute atomic E-state index is 0.350. The molecule has 4 aromatic rings. The van der Waals surface area contributed by atoms with E-state index in [1.807, 2.05) is 43.6 Å². The Morgan fingerprint density at radius 2 is 1.73 bits per heavy atom. The molecule has 0 bridgehead atoms. The van der Waals surface area contributed by atoms with Gasteiger partial charge in [-0.25, -0.2) is 0 Å². The van der Waals surface area contributed by atoms with Gasteiger partial charge in [-0.1, -0.05) is 54.6 Å². The Morgan fingerprint density at radius 3 is 2.55 bits per heavy atom. The highest BCUT2D eigenvalue weighted by molar-refractivity contribution is 5.90. The zero-order chi connectivity index (χ0) is 22.6. The number of nitrogens with zero attached hydrogens (tertiary/aromatic N) is 2. The van der Waals surface area contributed by atoms with Crippen LogP contribution in [0.2, 0.25) is 0 Å². The first kappa shape index (κ1) is 20.7. The Hall–Kier alpha value is -2.86. The lowest BCUT2D eigenvalue weighted by Gasteiger charge is -2.46. The number of hydrogen-bond donors (Lipinski definition) is 2. The van der Waals surface area contributed by atoms with Crippen LogP contribution in [0.5, 0.6) is 5.75 Å². The van der Waals surface area contributed by atoms with Crippen molar-refractivity contribution in [3.05, 3.63) is 78.0 Å². The van der Waals surface area contributed by atoms with Crippen molar-refractivity contribution in [3.63, 3.8) is 0 Å². The van der Waals surface area contributed by atoms with Crippen molar-refractivity contribution >= 4 is 21.7 Å². The van der Waals surface area contributed by atoms with Gasteiger partial charge in [0.1, 0.15) is 11.4 Å². The van der Waals surface area contributed by atoms with Crippen molar-refractivity contribution in [1.29, 1.82) is 0 Å². The van der Waals surface area contributed by atoms with Crippen LogP contribution in [-0.4, -0.2) is 44.9 Å².